The van der Waals surface area contributed by atoms with Crippen molar-refractivity contribution in [3.63, 3.8) is 0 Å². The van der Waals surface area contributed by atoms with Gasteiger partial charge >= 0.3 is 12.1 Å². The Balaban J connectivity index is 1.72. The Morgan fingerprint density at radius 1 is 1.08 bits per heavy atom. The summed E-state index contributed by atoms with van der Waals surface area (Å²) in [7, 11) is 0. The van der Waals surface area contributed by atoms with Crippen LogP contribution in [-0.2, 0) is 0 Å². The van der Waals surface area contributed by atoms with Gasteiger partial charge in [-0.3, -0.25) is 5.32 Å². The van der Waals surface area contributed by atoms with Crippen LogP contribution >= 0.6 is 22.9 Å². The molecule has 0 radical (unpaired) electrons. The quantitative estimate of drug-likeness (QED) is 0.444. The zero-order chi connectivity index (χ0) is 18.0. The number of hydrogen-bond acceptors (Lipinski definition) is 5. The zero-order valence-electron chi connectivity index (χ0n) is 12.5. The smallest absolute Gasteiger partial charge is 0.325 e. The van der Waals surface area contributed by atoms with Crippen molar-refractivity contribution in [3.8, 4) is 5.75 Å². The number of urea groups is 2. The molecule has 1 aromatic heterocycles. The normalized spacial score (nSPS) is 10.4. The van der Waals surface area contributed by atoms with Gasteiger partial charge in [-0.05, 0) is 36.4 Å². The molecule has 0 aliphatic heterocycles. The molecule has 0 bridgehead atoms. The maximum atomic E-state index is 12.0. The van der Waals surface area contributed by atoms with Crippen LogP contribution in [-0.4, -0.2) is 22.2 Å². The van der Waals surface area contributed by atoms with Gasteiger partial charge in [-0.1, -0.05) is 22.9 Å². The van der Waals surface area contributed by atoms with Gasteiger partial charge in [0.05, 0.1) is 15.2 Å². The van der Waals surface area contributed by atoms with Crippen LogP contribution in [0.25, 0.3) is 10.2 Å². The molecule has 0 aliphatic carbocycles. The third-order valence-corrected chi connectivity index (χ3v) is 4.32. The first-order chi connectivity index (χ1) is 11.9. The van der Waals surface area contributed by atoms with Crippen molar-refractivity contribution in [1.82, 2.24) is 4.98 Å². The van der Waals surface area contributed by atoms with Gasteiger partial charge < -0.3 is 21.5 Å². The Morgan fingerprint density at radius 3 is 2.52 bits per heavy atom. The van der Waals surface area contributed by atoms with E-state index in [-0.39, 0.29) is 10.8 Å². The molecule has 4 amide bonds. The standard InChI is InChI=1S/C15H12ClN5O3S/c16-9-5-7(2-4-11(9)22)19-14(24)21-15-20-10-3-1-8(18-13(17)23)6-12(10)25-15/h1-6,22H,(H3,17,18,23)(H2,19,20,21,24). The Morgan fingerprint density at radius 2 is 1.80 bits per heavy atom. The van der Waals surface area contributed by atoms with Crippen molar-refractivity contribution in [1.29, 1.82) is 0 Å². The summed E-state index contributed by atoms with van der Waals surface area (Å²) < 4.78 is 0.772. The van der Waals surface area contributed by atoms with Crippen molar-refractivity contribution in [3.05, 3.63) is 41.4 Å². The van der Waals surface area contributed by atoms with E-state index in [1.807, 2.05) is 0 Å². The van der Waals surface area contributed by atoms with Crippen LogP contribution in [0.4, 0.5) is 26.1 Å². The number of carbonyl (C=O) groups excluding carboxylic acids is 2. The van der Waals surface area contributed by atoms with Gasteiger partial charge in [0.1, 0.15) is 5.75 Å². The van der Waals surface area contributed by atoms with Crippen molar-refractivity contribution in [2.75, 3.05) is 16.0 Å². The fourth-order valence-corrected chi connectivity index (χ4v) is 3.12. The average molecular weight is 378 g/mol. The van der Waals surface area contributed by atoms with E-state index < -0.39 is 12.1 Å². The van der Waals surface area contributed by atoms with Crippen LogP contribution in [0.3, 0.4) is 0 Å². The lowest BCUT2D eigenvalue weighted by Crippen LogP contribution is -2.19. The van der Waals surface area contributed by atoms with Crippen LogP contribution in [0.15, 0.2) is 36.4 Å². The van der Waals surface area contributed by atoms with Gasteiger partial charge in [0.25, 0.3) is 0 Å². The summed E-state index contributed by atoms with van der Waals surface area (Å²) >= 11 is 7.03. The van der Waals surface area contributed by atoms with E-state index in [0.717, 1.165) is 4.70 Å². The van der Waals surface area contributed by atoms with E-state index in [0.29, 0.717) is 22.0 Å². The molecular weight excluding hydrogens is 366 g/mol. The highest BCUT2D eigenvalue weighted by atomic mass is 35.5. The second kappa shape index (κ2) is 6.83. The number of anilines is 3. The number of aromatic hydroxyl groups is 1. The van der Waals surface area contributed by atoms with Crippen molar-refractivity contribution < 1.29 is 14.7 Å². The SMILES string of the molecule is NC(=O)Nc1ccc2nc(NC(=O)Nc3ccc(O)c(Cl)c3)sc2c1. The number of nitrogens with one attached hydrogen (secondary N) is 3. The van der Waals surface area contributed by atoms with Gasteiger partial charge in [0, 0.05) is 11.4 Å². The number of nitrogens with two attached hydrogens (primary N) is 1. The van der Waals surface area contributed by atoms with Gasteiger partial charge in [0.15, 0.2) is 5.13 Å². The molecule has 3 rings (SSSR count). The molecule has 128 valence electrons. The Kier molecular flexibility index (Phi) is 4.59. The summed E-state index contributed by atoms with van der Waals surface area (Å²) in [5, 5.41) is 17.6. The first-order valence-corrected chi connectivity index (χ1v) is 8.14. The molecule has 0 aliphatic rings. The number of hydrogen-bond donors (Lipinski definition) is 5. The molecule has 0 spiro atoms. The predicted molar refractivity (Wildman–Crippen MR) is 98.6 cm³/mol. The number of carbonyl (C=O) groups is 2. The zero-order valence-corrected chi connectivity index (χ0v) is 14.1. The highest BCUT2D eigenvalue weighted by Crippen LogP contribution is 2.29. The lowest BCUT2D eigenvalue weighted by molar-refractivity contribution is 0.259. The van der Waals surface area contributed by atoms with E-state index in [2.05, 4.69) is 20.9 Å². The van der Waals surface area contributed by atoms with Gasteiger partial charge in [-0.2, -0.15) is 0 Å². The number of benzene rings is 2. The third kappa shape index (κ3) is 4.08. The molecule has 0 saturated heterocycles. The largest absolute Gasteiger partial charge is 0.506 e. The van der Waals surface area contributed by atoms with Crippen molar-refractivity contribution in [2.45, 2.75) is 0 Å². The molecule has 0 unspecified atom stereocenters. The Labute approximate surface area is 150 Å². The summed E-state index contributed by atoms with van der Waals surface area (Å²) in [6.45, 7) is 0. The molecule has 6 N–H and O–H groups in total. The highest BCUT2D eigenvalue weighted by Gasteiger charge is 2.10. The number of nitrogens with zero attached hydrogens (tertiary/aromatic N) is 1. The lowest BCUT2D eigenvalue weighted by Gasteiger charge is -2.06. The predicted octanol–water partition coefficient (Wildman–Crippen LogP) is 3.79. The van der Waals surface area contributed by atoms with Gasteiger partial charge in [-0.25, -0.2) is 14.6 Å². The monoisotopic (exact) mass is 377 g/mol. The summed E-state index contributed by atoms with van der Waals surface area (Å²) in [4.78, 5) is 27.2. The van der Waals surface area contributed by atoms with Crippen molar-refractivity contribution in [2.24, 2.45) is 5.73 Å². The topological polar surface area (TPSA) is 129 Å². The lowest BCUT2D eigenvalue weighted by atomic mass is 10.3. The van der Waals surface area contributed by atoms with Crippen LogP contribution < -0.4 is 21.7 Å². The first kappa shape index (κ1) is 16.8. The van der Waals surface area contributed by atoms with E-state index in [1.165, 1.54) is 29.5 Å². The molecule has 0 fully saturated rings. The summed E-state index contributed by atoms with van der Waals surface area (Å²) in [5.74, 6) is -0.0702. The minimum atomic E-state index is -0.658. The molecule has 0 atom stereocenters. The number of fused-ring (bicyclic) bond motifs is 1. The number of halogens is 1. The number of phenolic OH excluding ortho intramolecular Hbond substituents is 1. The number of rotatable bonds is 3. The second-order valence-electron chi connectivity index (χ2n) is 4.94. The average Bonchev–Trinajstić information content (AvgIpc) is 2.91. The number of amides is 4. The van der Waals surface area contributed by atoms with Crippen molar-refractivity contribution >= 4 is 61.7 Å². The minimum absolute atomic E-state index is 0.0702. The summed E-state index contributed by atoms with van der Waals surface area (Å²) in [6.07, 6.45) is 0. The molecule has 3 aromatic rings. The van der Waals surface area contributed by atoms with Crippen LogP contribution in [0.5, 0.6) is 5.75 Å². The van der Waals surface area contributed by atoms with E-state index in [9.17, 15) is 14.7 Å². The summed E-state index contributed by atoms with van der Waals surface area (Å²) in [6, 6.07) is 8.24. The molecule has 1 heterocycles. The molecule has 0 saturated carbocycles. The minimum Gasteiger partial charge on any atom is -0.506 e. The van der Waals surface area contributed by atoms with Crippen LogP contribution in [0, 0.1) is 0 Å². The highest BCUT2D eigenvalue weighted by molar-refractivity contribution is 7.22. The van der Waals surface area contributed by atoms with Crippen LogP contribution in [0.1, 0.15) is 0 Å². The fourth-order valence-electron chi connectivity index (χ4n) is 2.04. The molecular formula is C15H12ClN5O3S. The fraction of sp³-hybridized carbons (Fsp3) is 0. The third-order valence-electron chi connectivity index (χ3n) is 3.08. The number of aromatic nitrogens is 1. The molecule has 2 aromatic carbocycles. The summed E-state index contributed by atoms with van der Waals surface area (Å²) in [5.41, 5.74) is 6.72. The van der Waals surface area contributed by atoms with E-state index >= 15 is 0 Å². The van der Waals surface area contributed by atoms with E-state index in [4.69, 9.17) is 17.3 Å². The number of phenols is 1. The number of thiazole rings is 1. The molecule has 10 heteroatoms. The first-order valence-electron chi connectivity index (χ1n) is 6.94. The van der Waals surface area contributed by atoms with E-state index in [1.54, 1.807) is 18.2 Å². The Bertz CT molecular complexity index is 975. The maximum absolute atomic E-state index is 12.0. The second-order valence-corrected chi connectivity index (χ2v) is 6.37. The van der Waals surface area contributed by atoms with Crippen LogP contribution in [0.2, 0.25) is 5.02 Å². The number of primary amides is 1. The maximum Gasteiger partial charge on any atom is 0.325 e. The Hall–Kier alpha value is -3.04. The molecule has 25 heavy (non-hydrogen) atoms. The van der Waals surface area contributed by atoms with Gasteiger partial charge in [-0.15, -0.1) is 0 Å². The molecule has 8 nitrogen and oxygen atoms in total. The van der Waals surface area contributed by atoms with Gasteiger partial charge in [0.2, 0.25) is 0 Å².